The van der Waals surface area contributed by atoms with Crippen LogP contribution in [0.5, 0.6) is 0 Å². The van der Waals surface area contributed by atoms with Crippen molar-refractivity contribution in [2.24, 2.45) is 11.5 Å². The second-order valence-corrected chi connectivity index (χ2v) is 8.09. The predicted molar refractivity (Wildman–Crippen MR) is 101 cm³/mol. The third-order valence-corrected chi connectivity index (χ3v) is 5.18. The Labute approximate surface area is 223 Å². The molecule has 160 valence electrons. The van der Waals surface area contributed by atoms with Gasteiger partial charge >= 0.3 is 59.1 Å². The van der Waals surface area contributed by atoms with E-state index in [9.17, 15) is 25.9 Å². The minimum atomic E-state index is -5.15. The molecule has 14 nitrogen and oxygen atoms in total. The van der Waals surface area contributed by atoms with Crippen LogP contribution in [0.15, 0.2) is 28.5 Å². The van der Waals surface area contributed by atoms with Crippen molar-refractivity contribution in [1.82, 2.24) is 15.0 Å². The van der Waals surface area contributed by atoms with E-state index in [0.717, 1.165) is 18.7 Å². The molecule has 2 rings (SSSR count). The summed E-state index contributed by atoms with van der Waals surface area (Å²) in [5.41, 5.74) is 9.40. The molecule has 0 unspecified atom stereocenters. The number of nitrogens with zero attached hydrogens (tertiary/aromatic N) is 3. The number of hydrogen-bond donors (Lipinski definition) is 5. The van der Waals surface area contributed by atoms with Crippen molar-refractivity contribution in [1.29, 1.82) is 0 Å². The van der Waals surface area contributed by atoms with Crippen molar-refractivity contribution >= 4 is 43.2 Å². The maximum Gasteiger partial charge on any atom is 1.00 e. The fraction of sp³-hybridized carbons (Fsp3) is 0.308. The Morgan fingerprint density at radius 3 is 1.90 bits per heavy atom. The molecule has 0 amide bonds. The van der Waals surface area contributed by atoms with Crippen LogP contribution in [0.4, 0.5) is 23.0 Å². The van der Waals surface area contributed by atoms with Crippen LogP contribution in [-0.4, -0.2) is 67.1 Å². The maximum absolute atomic E-state index is 12.0. The van der Waals surface area contributed by atoms with Crippen molar-refractivity contribution in [3.05, 3.63) is 18.7 Å². The summed E-state index contributed by atoms with van der Waals surface area (Å²) in [5, 5.41) is 7.57. The summed E-state index contributed by atoms with van der Waals surface area (Å²) in [5.74, 6) is -0.197. The molecule has 7 N–H and O–H groups in total. The first-order valence-corrected chi connectivity index (χ1v) is 10.8. The number of benzene rings is 1. The molecule has 0 fully saturated rings. The van der Waals surface area contributed by atoms with Gasteiger partial charge in [-0.3, -0.25) is 0 Å². The third kappa shape index (κ3) is 8.34. The van der Waals surface area contributed by atoms with Gasteiger partial charge in [0.2, 0.25) is 5.95 Å². The number of nitrogens with two attached hydrogens (primary N) is 2. The van der Waals surface area contributed by atoms with E-state index in [1.54, 1.807) is 0 Å². The molecule has 0 atom stereocenters. The quantitative estimate of drug-likeness (QED) is 0.153. The van der Waals surface area contributed by atoms with Gasteiger partial charge < -0.3 is 36.5 Å². The van der Waals surface area contributed by atoms with E-state index in [0.29, 0.717) is 0 Å². The van der Waals surface area contributed by atoms with E-state index in [4.69, 9.17) is 11.5 Å². The smallest absolute Gasteiger partial charge is 0.744 e. The summed E-state index contributed by atoms with van der Waals surface area (Å²) in [6.07, 6.45) is 2.16. The second-order valence-electron chi connectivity index (χ2n) is 5.43. The van der Waals surface area contributed by atoms with Gasteiger partial charge in [0.25, 0.3) is 0 Å². The van der Waals surface area contributed by atoms with Gasteiger partial charge in [0.1, 0.15) is 37.8 Å². The monoisotopic (exact) mass is 492 g/mol. The van der Waals surface area contributed by atoms with E-state index < -0.39 is 47.1 Å². The standard InChI is InChI=1S/C13H20N8O6S2.2Na/c14-1-3-17-8-5-9(28(22,23)24)10(21-13-19-6-16-7-20-13)11(18-4-2-15)12(8)29(25,26)27;;/h5-7,17-18H,1-4,14-15H2,(H,22,23,24)(H,25,26,27)(H,16,19,20,21);;/q;2*+1/p-2. The number of anilines is 4. The van der Waals surface area contributed by atoms with E-state index in [1.807, 2.05) is 0 Å². The molecule has 0 radical (unpaired) electrons. The van der Waals surface area contributed by atoms with Crippen LogP contribution in [-0.2, 0) is 20.2 Å². The van der Waals surface area contributed by atoms with Crippen LogP contribution in [0.2, 0.25) is 0 Å². The zero-order valence-corrected chi connectivity index (χ0v) is 22.5. The van der Waals surface area contributed by atoms with E-state index in [-0.39, 0.29) is 91.2 Å². The largest absolute Gasteiger partial charge is 1.00 e. The number of hydrogen-bond acceptors (Lipinski definition) is 14. The van der Waals surface area contributed by atoms with Crippen molar-refractivity contribution in [3.8, 4) is 0 Å². The molecule has 1 aromatic heterocycles. The summed E-state index contributed by atoms with van der Waals surface area (Å²) in [4.78, 5) is 9.41. The molecule has 0 aliphatic heterocycles. The maximum atomic E-state index is 12.0. The van der Waals surface area contributed by atoms with Crippen LogP contribution in [0.1, 0.15) is 0 Å². The summed E-state index contributed by atoms with van der Waals surface area (Å²) in [6.45, 7) is -0.0117. The Morgan fingerprint density at radius 2 is 1.42 bits per heavy atom. The molecule has 2 aromatic rings. The Kier molecular flexibility index (Phi) is 12.9. The predicted octanol–water partition coefficient (Wildman–Crippen LogP) is -7.83. The summed E-state index contributed by atoms with van der Waals surface area (Å²) < 4.78 is 71.5. The van der Waals surface area contributed by atoms with Crippen molar-refractivity contribution < 1.29 is 85.1 Å². The van der Waals surface area contributed by atoms with Gasteiger partial charge in [0, 0.05) is 26.2 Å². The fourth-order valence-corrected chi connectivity index (χ4v) is 3.83. The van der Waals surface area contributed by atoms with Crippen LogP contribution >= 0.6 is 0 Å². The molecule has 0 spiro atoms. The molecular formula is C13H18N8Na2O6S2. The Bertz CT molecular complexity index is 1070. The summed E-state index contributed by atoms with van der Waals surface area (Å²) in [6, 6.07) is 0.736. The molecule has 1 heterocycles. The van der Waals surface area contributed by atoms with Gasteiger partial charge in [-0.1, -0.05) is 0 Å². The average Bonchev–Trinajstić information content (AvgIpc) is 2.64. The Hall–Kier alpha value is -0.630. The van der Waals surface area contributed by atoms with Crippen molar-refractivity contribution in [2.45, 2.75) is 9.79 Å². The van der Waals surface area contributed by atoms with Gasteiger partial charge in [0.15, 0.2) is 0 Å². The molecular weight excluding hydrogens is 474 g/mol. The first-order chi connectivity index (χ1) is 13.6. The van der Waals surface area contributed by atoms with Gasteiger partial charge in [0.05, 0.1) is 22.0 Å². The molecule has 0 saturated carbocycles. The molecule has 1 aromatic carbocycles. The molecule has 31 heavy (non-hydrogen) atoms. The zero-order chi connectivity index (χ0) is 21.7. The Balaban J connectivity index is 0.00000450. The second kappa shape index (κ2) is 13.2. The summed E-state index contributed by atoms with van der Waals surface area (Å²) >= 11 is 0. The van der Waals surface area contributed by atoms with Gasteiger partial charge in [-0.25, -0.2) is 31.8 Å². The first kappa shape index (κ1) is 30.4. The van der Waals surface area contributed by atoms with Crippen LogP contribution < -0.4 is 86.5 Å². The zero-order valence-electron chi connectivity index (χ0n) is 16.8. The number of rotatable bonds is 10. The van der Waals surface area contributed by atoms with Crippen molar-refractivity contribution in [2.75, 3.05) is 42.1 Å². The van der Waals surface area contributed by atoms with Gasteiger partial charge in [-0.2, -0.15) is 0 Å². The first-order valence-electron chi connectivity index (χ1n) is 7.99. The molecule has 18 heteroatoms. The van der Waals surface area contributed by atoms with Gasteiger partial charge in [-0.05, 0) is 6.07 Å². The SMILES string of the molecule is NCCNc1cc(S(=O)(=O)[O-])c(Nc2ncncn2)c(NCCN)c1S(=O)(=O)[O-].[Na+].[Na+]. The van der Waals surface area contributed by atoms with Gasteiger partial charge in [-0.15, -0.1) is 0 Å². The molecule has 0 aliphatic carbocycles. The fourth-order valence-electron chi connectivity index (χ4n) is 2.34. The number of aromatic nitrogens is 3. The normalized spacial score (nSPS) is 11.1. The molecule has 0 saturated heterocycles. The minimum Gasteiger partial charge on any atom is -0.744 e. The average molecular weight is 492 g/mol. The molecule has 0 aliphatic rings. The van der Waals surface area contributed by atoms with Crippen LogP contribution in [0.25, 0.3) is 0 Å². The number of nitrogens with one attached hydrogen (secondary N) is 3. The minimum absolute atomic E-state index is 0. The molecule has 0 bridgehead atoms. The van der Waals surface area contributed by atoms with E-state index in [1.165, 1.54) is 0 Å². The van der Waals surface area contributed by atoms with Crippen LogP contribution in [0.3, 0.4) is 0 Å². The van der Waals surface area contributed by atoms with E-state index >= 15 is 0 Å². The third-order valence-electron chi connectivity index (χ3n) is 3.40. The van der Waals surface area contributed by atoms with E-state index in [2.05, 4.69) is 30.9 Å². The summed E-state index contributed by atoms with van der Waals surface area (Å²) in [7, 11) is -10.3. The Morgan fingerprint density at radius 1 is 0.871 bits per heavy atom. The van der Waals surface area contributed by atoms with Crippen molar-refractivity contribution in [3.63, 3.8) is 0 Å². The topological polar surface area (TPSA) is 241 Å². The van der Waals surface area contributed by atoms with Crippen LogP contribution in [0, 0.1) is 0 Å².